The SMILES string of the molecule is C[C@@]1(O)[C@H](O)CO[C@H]1n1ccc(N)nc1=O. The number of aromatic nitrogens is 2. The quantitative estimate of drug-likeness (QED) is 0.536. The summed E-state index contributed by atoms with van der Waals surface area (Å²) in [5, 5.41) is 19.5. The van der Waals surface area contributed by atoms with Crippen LogP contribution in [-0.2, 0) is 4.74 Å². The van der Waals surface area contributed by atoms with E-state index in [0.29, 0.717) is 0 Å². The largest absolute Gasteiger partial charge is 0.388 e. The van der Waals surface area contributed by atoms with Crippen molar-refractivity contribution in [3.8, 4) is 0 Å². The Kier molecular flexibility index (Phi) is 2.45. The van der Waals surface area contributed by atoms with Crippen molar-refractivity contribution in [1.29, 1.82) is 0 Å². The van der Waals surface area contributed by atoms with Gasteiger partial charge in [0.05, 0.1) is 6.61 Å². The van der Waals surface area contributed by atoms with E-state index in [4.69, 9.17) is 10.5 Å². The van der Waals surface area contributed by atoms with Gasteiger partial charge in [-0.15, -0.1) is 0 Å². The van der Waals surface area contributed by atoms with Gasteiger partial charge in [0, 0.05) is 6.20 Å². The number of anilines is 1. The molecule has 16 heavy (non-hydrogen) atoms. The van der Waals surface area contributed by atoms with E-state index in [9.17, 15) is 15.0 Å². The Labute approximate surface area is 91.1 Å². The van der Waals surface area contributed by atoms with E-state index >= 15 is 0 Å². The van der Waals surface area contributed by atoms with Gasteiger partial charge in [0.15, 0.2) is 6.23 Å². The molecular weight excluding hydrogens is 214 g/mol. The molecule has 0 saturated carbocycles. The third kappa shape index (κ3) is 1.58. The molecule has 3 atom stereocenters. The summed E-state index contributed by atoms with van der Waals surface area (Å²) >= 11 is 0. The summed E-state index contributed by atoms with van der Waals surface area (Å²) in [6.07, 6.45) is -0.618. The van der Waals surface area contributed by atoms with Gasteiger partial charge in [-0.05, 0) is 13.0 Å². The van der Waals surface area contributed by atoms with Crippen LogP contribution >= 0.6 is 0 Å². The summed E-state index contributed by atoms with van der Waals surface area (Å²) in [6, 6.07) is 1.42. The van der Waals surface area contributed by atoms with Crippen LogP contribution in [0.1, 0.15) is 13.2 Å². The number of nitrogen functional groups attached to an aromatic ring is 1. The van der Waals surface area contributed by atoms with Gasteiger partial charge in [-0.25, -0.2) is 4.79 Å². The van der Waals surface area contributed by atoms with E-state index in [1.54, 1.807) is 0 Å². The van der Waals surface area contributed by atoms with Crippen molar-refractivity contribution < 1.29 is 14.9 Å². The second kappa shape index (κ2) is 3.55. The number of aliphatic hydroxyl groups excluding tert-OH is 1. The van der Waals surface area contributed by atoms with E-state index in [1.807, 2.05) is 0 Å². The van der Waals surface area contributed by atoms with Gasteiger partial charge in [0.25, 0.3) is 0 Å². The zero-order valence-corrected chi connectivity index (χ0v) is 8.70. The number of rotatable bonds is 1. The molecule has 0 spiro atoms. The molecule has 1 aromatic rings. The van der Waals surface area contributed by atoms with Crippen LogP contribution in [-0.4, -0.2) is 38.1 Å². The fourth-order valence-corrected chi connectivity index (χ4v) is 1.65. The van der Waals surface area contributed by atoms with Crippen molar-refractivity contribution in [3.63, 3.8) is 0 Å². The van der Waals surface area contributed by atoms with Gasteiger partial charge >= 0.3 is 5.69 Å². The Balaban J connectivity index is 2.42. The number of hydrogen-bond acceptors (Lipinski definition) is 6. The van der Waals surface area contributed by atoms with Gasteiger partial charge in [-0.2, -0.15) is 4.98 Å². The highest BCUT2D eigenvalue weighted by molar-refractivity contribution is 5.23. The second-order valence-corrected chi connectivity index (χ2v) is 3.97. The average Bonchev–Trinajstić information content (AvgIpc) is 2.44. The van der Waals surface area contributed by atoms with Crippen LogP contribution in [0.4, 0.5) is 5.82 Å². The first kappa shape index (κ1) is 11.1. The predicted octanol–water partition coefficient (Wildman–Crippen LogP) is -1.53. The number of aliphatic hydroxyl groups is 2. The zero-order valence-electron chi connectivity index (χ0n) is 8.70. The zero-order chi connectivity index (χ0) is 11.9. The molecule has 0 amide bonds. The fraction of sp³-hybridized carbons (Fsp3) is 0.556. The second-order valence-electron chi connectivity index (χ2n) is 3.97. The first-order valence-corrected chi connectivity index (χ1v) is 4.79. The molecule has 2 heterocycles. The lowest BCUT2D eigenvalue weighted by molar-refractivity contribution is -0.0956. The molecule has 0 aliphatic carbocycles. The molecule has 1 aliphatic heterocycles. The Bertz CT molecular complexity index is 456. The van der Waals surface area contributed by atoms with Crippen LogP contribution in [0.5, 0.6) is 0 Å². The first-order chi connectivity index (χ1) is 7.43. The van der Waals surface area contributed by atoms with Crippen molar-refractivity contribution >= 4 is 5.82 Å². The Hall–Kier alpha value is -1.44. The maximum atomic E-state index is 11.5. The third-order valence-corrected chi connectivity index (χ3v) is 2.69. The lowest BCUT2D eigenvalue weighted by Crippen LogP contribution is -2.44. The third-order valence-electron chi connectivity index (χ3n) is 2.69. The maximum Gasteiger partial charge on any atom is 0.351 e. The van der Waals surface area contributed by atoms with Crippen molar-refractivity contribution in [1.82, 2.24) is 9.55 Å². The minimum atomic E-state index is -1.53. The van der Waals surface area contributed by atoms with Crippen LogP contribution < -0.4 is 11.4 Å². The molecule has 0 unspecified atom stereocenters. The maximum absolute atomic E-state index is 11.5. The fourth-order valence-electron chi connectivity index (χ4n) is 1.65. The number of nitrogens with two attached hydrogens (primary N) is 1. The molecular formula is C9H13N3O4. The molecule has 0 bridgehead atoms. The normalized spacial score (nSPS) is 34.2. The van der Waals surface area contributed by atoms with Gasteiger partial charge in [-0.1, -0.05) is 0 Å². The van der Waals surface area contributed by atoms with Crippen LogP contribution in [0.15, 0.2) is 17.1 Å². The Morgan fingerprint density at radius 2 is 2.44 bits per heavy atom. The first-order valence-electron chi connectivity index (χ1n) is 4.79. The molecule has 2 rings (SSSR count). The number of ether oxygens (including phenoxy) is 1. The van der Waals surface area contributed by atoms with Gasteiger partial charge in [-0.3, -0.25) is 4.57 Å². The lowest BCUT2D eigenvalue weighted by Gasteiger charge is -2.27. The molecule has 4 N–H and O–H groups in total. The summed E-state index contributed by atoms with van der Waals surface area (Å²) in [4.78, 5) is 15.0. The highest BCUT2D eigenvalue weighted by Crippen LogP contribution is 2.32. The predicted molar refractivity (Wildman–Crippen MR) is 54.5 cm³/mol. The van der Waals surface area contributed by atoms with E-state index in [0.717, 1.165) is 4.57 Å². The minimum Gasteiger partial charge on any atom is -0.388 e. The topological polar surface area (TPSA) is 111 Å². The van der Waals surface area contributed by atoms with Gasteiger partial charge in [0.2, 0.25) is 0 Å². The smallest absolute Gasteiger partial charge is 0.351 e. The Morgan fingerprint density at radius 3 is 2.94 bits per heavy atom. The average molecular weight is 227 g/mol. The summed E-state index contributed by atoms with van der Waals surface area (Å²) in [6.45, 7) is 1.37. The number of hydrogen-bond donors (Lipinski definition) is 3. The van der Waals surface area contributed by atoms with Crippen LogP contribution in [0, 0.1) is 0 Å². The summed E-state index contributed by atoms with van der Waals surface area (Å²) in [5.74, 6) is 0.0967. The van der Waals surface area contributed by atoms with Gasteiger partial charge in [0.1, 0.15) is 17.5 Å². The molecule has 1 fully saturated rings. The van der Waals surface area contributed by atoms with Gasteiger partial charge < -0.3 is 20.7 Å². The molecule has 7 nitrogen and oxygen atoms in total. The molecule has 1 aromatic heterocycles. The molecule has 88 valence electrons. The van der Waals surface area contributed by atoms with E-state index in [-0.39, 0.29) is 12.4 Å². The highest BCUT2D eigenvalue weighted by atomic mass is 16.5. The van der Waals surface area contributed by atoms with Crippen molar-refractivity contribution in [2.45, 2.75) is 24.9 Å². The summed E-state index contributed by atoms with van der Waals surface area (Å²) < 4.78 is 6.27. The summed E-state index contributed by atoms with van der Waals surface area (Å²) in [5.41, 5.74) is 3.19. The highest BCUT2D eigenvalue weighted by Gasteiger charge is 2.47. The van der Waals surface area contributed by atoms with E-state index < -0.39 is 23.6 Å². The monoisotopic (exact) mass is 227 g/mol. The van der Waals surface area contributed by atoms with Crippen LogP contribution in [0.3, 0.4) is 0 Å². The Morgan fingerprint density at radius 1 is 1.75 bits per heavy atom. The molecule has 0 aromatic carbocycles. The molecule has 0 radical (unpaired) electrons. The molecule has 1 aliphatic rings. The van der Waals surface area contributed by atoms with Crippen molar-refractivity contribution in [2.75, 3.05) is 12.3 Å². The lowest BCUT2D eigenvalue weighted by atomic mass is 10.0. The molecule has 1 saturated heterocycles. The van der Waals surface area contributed by atoms with E-state index in [2.05, 4.69) is 4.98 Å². The van der Waals surface area contributed by atoms with Crippen LogP contribution in [0.25, 0.3) is 0 Å². The van der Waals surface area contributed by atoms with Crippen LogP contribution in [0.2, 0.25) is 0 Å². The standard InChI is InChI=1S/C9H13N3O4/c1-9(15)5(13)4-16-7(9)12-3-2-6(10)11-8(12)14/h2-3,5,7,13,15H,4H2,1H3,(H2,10,11,14)/t5-,7-,9-/m1/s1. The van der Waals surface area contributed by atoms with E-state index in [1.165, 1.54) is 19.2 Å². The summed E-state index contributed by atoms with van der Waals surface area (Å²) in [7, 11) is 0. The molecule has 7 heteroatoms. The van der Waals surface area contributed by atoms with Crippen molar-refractivity contribution in [2.24, 2.45) is 0 Å². The minimum absolute atomic E-state index is 0.0333. The number of nitrogens with zero attached hydrogens (tertiary/aromatic N) is 2. The van der Waals surface area contributed by atoms with Crippen molar-refractivity contribution in [3.05, 3.63) is 22.7 Å².